The lowest BCUT2D eigenvalue weighted by Crippen LogP contribution is -2.39. The van der Waals surface area contributed by atoms with Crippen molar-refractivity contribution in [1.29, 1.82) is 0 Å². The number of hydrogen-bond acceptors (Lipinski definition) is 3. The Bertz CT molecular complexity index is 427. The Hall–Kier alpha value is -0.610. The summed E-state index contributed by atoms with van der Waals surface area (Å²) in [6.07, 6.45) is 2.05. The van der Waals surface area contributed by atoms with Crippen molar-refractivity contribution in [2.75, 3.05) is 40.3 Å². The fourth-order valence-electron chi connectivity index (χ4n) is 3.08. The van der Waals surface area contributed by atoms with E-state index in [4.69, 9.17) is 11.6 Å². The SMILES string of the molecule is CN1CCCC(CN(C)CC(O)c2ccccc2Cl)C1. The van der Waals surface area contributed by atoms with Crippen molar-refractivity contribution in [3.8, 4) is 0 Å². The Morgan fingerprint density at radius 3 is 2.90 bits per heavy atom. The van der Waals surface area contributed by atoms with Gasteiger partial charge in [-0.15, -0.1) is 0 Å². The van der Waals surface area contributed by atoms with Crippen LogP contribution >= 0.6 is 11.6 Å². The van der Waals surface area contributed by atoms with Gasteiger partial charge < -0.3 is 14.9 Å². The minimum Gasteiger partial charge on any atom is -0.387 e. The Labute approximate surface area is 127 Å². The molecule has 2 rings (SSSR count). The number of hydrogen-bond donors (Lipinski definition) is 1. The van der Waals surface area contributed by atoms with E-state index in [0.717, 1.165) is 18.7 Å². The molecule has 0 aliphatic carbocycles. The van der Waals surface area contributed by atoms with E-state index in [9.17, 15) is 5.11 Å². The number of aliphatic hydroxyl groups is 1. The number of piperidine rings is 1. The van der Waals surface area contributed by atoms with Gasteiger partial charge in [0, 0.05) is 30.2 Å². The number of nitrogens with zero attached hydrogens (tertiary/aromatic N) is 2. The predicted molar refractivity (Wildman–Crippen MR) is 84.1 cm³/mol. The third kappa shape index (κ3) is 4.45. The smallest absolute Gasteiger partial charge is 0.0931 e. The van der Waals surface area contributed by atoms with E-state index < -0.39 is 6.10 Å². The van der Waals surface area contributed by atoms with Gasteiger partial charge in [0.25, 0.3) is 0 Å². The van der Waals surface area contributed by atoms with E-state index in [2.05, 4.69) is 23.9 Å². The first-order valence-corrected chi connectivity index (χ1v) is 7.73. The fourth-order valence-corrected chi connectivity index (χ4v) is 3.34. The molecule has 0 radical (unpaired) electrons. The van der Waals surface area contributed by atoms with Crippen molar-refractivity contribution < 1.29 is 5.11 Å². The van der Waals surface area contributed by atoms with Gasteiger partial charge in [-0.1, -0.05) is 29.8 Å². The quantitative estimate of drug-likeness (QED) is 0.905. The minimum absolute atomic E-state index is 0.518. The van der Waals surface area contributed by atoms with Gasteiger partial charge in [-0.3, -0.25) is 0 Å². The number of benzene rings is 1. The standard InChI is InChI=1S/C16H25ClN2O/c1-18-9-5-6-13(10-18)11-19(2)12-16(20)14-7-3-4-8-15(14)17/h3-4,7-8,13,16,20H,5-6,9-12H2,1-2H3. The summed E-state index contributed by atoms with van der Waals surface area (Å²) in [6.45, 7) is 4.03. The van der Waals surface area contributed by atoms with Crippen molar-refractivity contribution in [2.45, 2.75) is 18.9 Å². The normalized spacial score (nSPS) is 22.1. The minimum atomic E-state index is -0.518. The Morgan fingerprint density at radius 2 is 2.20 bits per heavy atom. The van der Waals surface area contributed by atoms with Crippen molar-refractivity contribution >= 4 is 11.6 Å². The van der Waals surface area contributed by atoms with Crippen molar-refractivity contribution in [3.63, 3.8) is 0 Å². The van der Waals surface area contributed by atoms with Gasteiger partial charge in [0.1, 0.15) is 0 Å². The van der Waals surface area contributed by atoms with Crippen LogP contribution in [0, 0.1) is 5.92 Å². The summed E-state index contributed by atoms with van der Waals surface area (Å²) >= 11 is 6.13. The van der Waals surface area contributed by atoms with Crippen LogP contribution in [0.5, 0.6) is 0 Å². The number of aliphatic hydroxyl groups excluding tert-OH is 1. The largest absolute Gasteiger partial charge is 0.387 e. The maximum atomic E-state index is 10.3. The third-order valence-corrected chi connectivity index (χ3v) is 4.38. The zero-order valence-corrected chi connectivity index (χ0v) is 13.2. The molecule has 3 nitrogen and oxygen atoms in total. The number of halogens is 1. The molecule has 1 aromatic rings. The molecular weight excluding hydrogens is 272 g/mol. The molecule has 1 N–H and O–H groups in total. The van der Waals surface area contributed by atoms with Gasteiger partial charge in [-0.25, -0.2) is 0 Å². The van der Waals surface area contributed by atoms with Crippen LogP contribution in [-0.4, -0.2) is 55.2 Å². The highest BCUT2D eigenvalue weighted by Gasteiger charge is 2.20. The van der Waals surface area contributed by atoms with Gasteiger partial charge in [0.15, 0.2) is 0 Å². The van der Waals surface area contributed by atoms with Crippen LogP contribution in [0.2, 0.25) is 5.02 Å². The molecule has 0 amide bonds. The van der Waals surface area contributed by atoms with Crippen LogP contribution in [0.4, 0.5) is 0 Å². The molecular formula is C16H25ClN2O. The lowest BCUT2D eigenvalue weighted by Gasteiger charge is -2.33. The summed E-state index contributed by atoms with van der Waals surface area (Å²) in [4.78, 5) is 4.62. The zero-order chi connectivity index (χ0) is 14.5. The number of likely N-dealkylation sites (N-methyl/N-ethyl adjacent to an activating group) is 1. The van der Waals surface area contributed by atoms with E-state index >= 15 is 0 Å². The molecule has 0 aromatic heterocycles. The topological polar surface area (TPSA) is 26.7 Å². The Balaban J connectivity index is 1.84. The second-order valence-electron chi connectivity index (χ2n) is 6.03. The van der Waals surface area contributed by atoms with Crippen LogP contribution < -0.4 is 0 Å². The van der Waals surface area contributed by atoms with Gasteiger partial charge in [0.05, 0.1) is 6.10 Å². The molecule has 0 bridgehead atoms. The van der Waals surface area contributed by atoms with E-state index in [0.29, 0.717) is 17.5 Å². The van der Waals surface area contributed by atoms with Crippen LogP contribution in [0.3, 0.4) is 0 Å². The van der Waals surface area contributed by atoms with E-state index in [-0.39, 0.29) is 0 Å². The third-order valence-electron chi connectivity index (χ3n) is 4.04. The molecule has 112 valence electrons. The van der Waals surface area contributed by atoms with Crippen molar-refractivity contribution in [3.05, 3.63) is 34.9 Å². The van der Waals surface area contributed by atoms with Gasteiger partial charge in [-0.05, 0) is 45.5 Å². The number of likely N-dealkylation sites (tertiary alicyclic amines) is 1. The predicted octanol–water partition coefficient (Wildman–Crippen LogP) is 2.65. The summed E-state index contributed by atoms with van der Waals surface area (Å²) < 4.78 is 0. The monoisotopic (exact) mass is 296 g/mol. The van der Waals surface area contributed by atoms with Gasteiger partial charge in [0.2, 0.25) is 0 Å². The highest BCUT2D eigenvalue weighted by atomic mass is 35.5. The highest BCUT2D eigenvalue weighted by molar-refractivity contribution is 6.31. The fraction of sp³-hybridized carbons (Fsp3) is 0.625. The summed E-state index contributed by atoms with van der Waals surface area (Å²) in [5, 5.41) is 11.0. The summed E-state index contributed by atoms with van der Waals surface area (Å²) in [6, 6.07) is 7.53. The first-order chi connectivity index (χ1) is 9.56. The molecule has 0 saturated carbocycles. The Morgan fingerprint density at radius 1 is 1.45 bits per heavy atom. The molecule has 20 heavy (non-hydrogen) atoms. The molecule has 0 spiro atoms. The summed E-state index contributed by atoms with van der Waals surface area (Å²) in [7, 11) is 4.26. The maximum absolute atomic E-state index is 10.3. The molecule has 1 fully saturated rings. The molecule has 1 saturated heterocycles. The molecule has 1 aliphatic rings. The molecule has 1 aromatic carbocycles. The van der Waals surface area contributed by atoms with E-state index in [1.54, 1.807) is 0 Å². The lowest BCUT2D eigenvalue weighted by molar-refractivity contribution is 0.103. The van der Waals surface area contributed by atoms with Crippen LogP contribution in [0.1, 0.15) is 24.5 Å². The lowest BCUT2D eigenvalue weighted by atomic mass is 9.98. The van der Waals surface area contributed by atoms with Crippen LogP contribution in [-0.2, 0) is 0 Å². The van der Waals surface area contributed by atoms with Crippen LogP contribution in [0.15, 0.2) is 24.3 Å². The van der Waals surface area contributed by atoms with Gasteiger partial charge in [-0.2, -0.15) is 0 Å². The summed E-state index contributed by atoms with van der Waals surface area (Å²) in [5.74, 6) is 0.706. The molecule has 1 heterocycles. The first kappa shape index (κ1) is 15.8. The second-order valence-corrected chi connectivity index (χ2v) is 6.44. The molecule has 4 heteroatoms. The molecule has 1 aliphatic heterocycles. The molecule has 2 atom stereocenters. The first-order valence-electron chi connectivity index (χ1n) is 7.36. The van der Waals surface area contributed by atoms with Crippen LogP contribution in [0.25, 0.3) is 0 Å². The summed E-state index contributed by atoms with van der Waals surface area (Å²) in [5.41, 5.74) is 0.821. The van der Waals surface area contributed by atoms with E-state index in [1.165, 1.54) is 19.4 Å². The highest BCUT2D eigenvalue weighted by Crippen LogP contribution is 2.23. The maximum Gasteiger partial charge on any atom is 0.0931 e. The van der Waals surface area contributed by atoms with Crippen molar-refractivity contribution in [1.82, 2.24) is 9.80 Å². The molecule has 2 unspecified atom stereocenters. The zero-order valence-electron chi connectivity index (χ0n) is 12.4. The van der Waals surface area contributed by atoms with E-state index in [1.807, 2.05) is 24.3 Å². The average molecular weight is 297 g/mol. The second kappa shape index (κ2) is 7.41. The Kier molecular flexibility index (Phi) is 5.85. The van der Waals surface area contributed by atoms with Crippen molar-refractivity contribution in [2.24, 2.45) is 5.92 Å². The van der Waals surface area contributed by atoms with Gasteiger partial charge >= 0.3 is 0 Å². The number of rotatable bonds is 5. The average Bonchev–Trinajstić information content (AvgIpc) is 2.38.